The molecule has 2 aromatic heterocycles. The van der Waals surface area contributed by atoms with Crippen molar-refractivity contribution < 1.29 is 32.9 Å². The lowest BCUT2D eigenvalue weighted by atomic mass is 10.0. The molecular weight excluding hydrogens is 701 g/mol. The summed E-state index contributed by atoms with van der Waals surface area (Å²) in [5.74, 6) is 0.780. The van der Waals surface area contributed by atoms with E-state index >= 15 is 0 Å². The van der Waals surface area contributed by atoms with Crippen molar-refractivity contribution in [3.63, 3.8) is 0 Å². The number of alkyl carbamates (subject to hydrolysis) is 2. The zero-order valence-electron chi connectivity index (χ0n) is 29.9. The summed E-state index contributed by atoms with van der Waals surface area (Å²) in [5.41, 5.74) is 4.92. The molecule has 3 aliphatic rings. The van der Waals surface area contributed by atoms with E-state index in [9.17, 15) is 23.4 Å². The number of amides is 4. The molecule has 1 unspecified atom stereocenters. The van der Waals surface area contributed by atoms with E-state index in [1.807, 2.05) is 50.2 Å². The molecule has 4 N–H and O–H groups in total. The second kappa shape index (κ2) is 14.8. The van der Waals surface area contributed by atoms with E-state index < -0.39 is 29.0 Å². The van der Waals surface area contributed by atoms with Crippen molar-refractivity contribution in [1.82, 2.24) is 40.4 Å². The van der Waals surface area contributed by atoms with Crippen molar-refractivity contribution in [3.8, 4) is 33.6 Å². The maximum atomic E-state index is 14.0. The summed E-state index contributed by atoms with van der Waals surface area (Å²) in [6.45, 7) is 4.72. The molecule has 4 amide bonds. The van der Waals surface area contributed by atoms with Crippen LogP contribution in [0.1, 0.15) is 63.3 Å². The lowest BCUT2D eigenvalue weighted by molar-refractivity contribution is -0.135. The number of nitrogens with zero attached hydrogens (tertiary/aromatic N) is 4. The number of ether oxygens (including phenoxy) is 2. The van der Waals surface area contributed by atoms with Gasteiger partial charge >= 0.3 is 12.2 Å². The van der Waals surface area contributed by atoms with Crippen LogP contribution in [-0.4, -0.2) is 97.8 Å². The second-order valence-electron chi connectivity index (χ2n) is 13.7. The predicted molar refractivity (Wildman–Crippen MR) is 194 cm³/mol. The molecule has 0 saturated carbocycles. The molecule has 278 valence electrons. The van der Waals surface area contributed by atoms with Crippen molar-refractivity contribution in [2.24, 2.45) is 5.92 Å². The van der Waals surface area contributed by atoms with Crippen LogP contribution in [0.4, 0.5) is 9.59 Å². The molecule has 0 aliphatic carbocycles. The minimum absolute atomic E-state index is 0.136. The van der Waals surface area contributed by atoms with Crippen LogP contribution in [0, 0.1) is 5.92 Å². The number of imidazole rings is 2. The van der Waals surface area contributed by atoms with Crippen LogP contribution in [0.2, 0.25) is 0 Å². The summed E-state index contributed by atoms with van der Waals surface area (Å²) < 4.78 is 23.3. The van der Waals surface area contributed by atoms with Gasteiger partial charge in [-0.15, -0.1) is 0 Å². The van der Waals surface area contributed by atoms with Gasteiger partial charge in [-0.25, -0.2) is 23.8 Å². The van der Waals surface area contributed by atoms with E-state index in [4.69, 9.17) is 4.74 Å². The number of methoxy groups -OCH3 is 2. The molecule has 5 heterocycles. The predicted octanol–water partition coefficient (Wildman–Crippen LogP) is 4.68. The lowest BCUT2D eigenvalue weighted by Crippen LogP contribution is -2.51. The van der Waals surface area contributed by atoms with Gasteiger partial charge in [-0.05, 0) is 54.9 Å². The summed E-state index contributed by atoms with van der Waals surface area (Å²) in [6, 6.07) is 10.5. The minimum atomic E-state index is -1.44. The van der Waals surface area contributed by atoms with Crippen LogP contribution < -0.4 is 10.6 Å². The first-order valence-corrected chi connectivity index (χ1v) is 18.8. The van der Waals surface area contributed by atoms with Gasteiger partial charge in [0, 0.05) is 24.2 Å². The van der Waals surface area contributed by atoms with Gasteiger partial charge in [-0.1, -0.05) is 38.1 Å². The fraction of sp³-hybridized carbons (Fsp3) is 0.405. The maximum Gasteiger partial charge on any atom is 0.407 e. The molecule has 3 aliphatic heterocycles. The number of aromatic nitrogens is 4. The van der Waals surface area contributed by atoms with Crippen LogP contribution in [-0.2, 0) is 29.9 Å². The molecule has 53 heavy (non-hydrogen) atoms. The zero-order valence-corrected chi connectivity index (χ0v) is 30.7. The molecular formula is C37H42N8O7S. The third-order valence-electron chi connectivity index (χ3n) is 10.2. The Morgan fingerprint density at radius 3 is 1.89 bits per heavy atom. The van der Waals surface area contributed by atoms with Crippen LogP contribution in [0.15, 0.2) is 58.6 Å². The van der Waals surface area contributed by atoms with Gasteiger partial charge in [0.05, 0.1) is 70.7 Å². The average molecular weight is 743 g/mol. The van der Waals surface area contributed by atoms with E-state index in [2.05, 4.69) is 35.3 Å². The molecule has 0 radical (unpaired) electrons. The van der Waals surface area contributed by atoms with Crippen LogP contribution in [0.5, 0.6) is 0 Å². The van der Waals surface area contributed by atoms with Crippen LogP contribution in [0.3, 0.4) is 0 Å². The van der Waals surface area contributed by atoms with Crippen molar-refractivity contribution >= 4 is 34.8 Å². The Morgan fingerprint density at radius 2 is 1.36 bits per heavy atom. The molecule has 2 aromatic carbocycles. The number of likely N-dealkylation sites (tertiary alicyclic amines) is 2. The van der Waals surface area contributed by atoms with Crippen molar-refractivity contribution in [1.29, 1.82) is 0 Å². The Bertz CT molecular complexity index is 2090. The molecule has 0 spiro atoms. The van der Waals surface area contributed by atoms with Gasteiger partial charge in [0.1, 0.15) is 24.2 Å². The first-order valence-electron chi connectivity index (χ1n) is 17.6. The normalized spacial score (nSPS) is 19.5. The summed E-state index contributed by atoms with van der Waals surface area (Å²) >= 11 is 0. The Hall–Kier alpha value is -5.51. The highest BCUT2D eigenvalue weighted by Gasteiger charge is 2.38. The Balaban J connectivity index is 1.07. The number of fused-ring (bicyclic) bond motifs is 3. The highest BCUT2D eigenvalue weighted by atomic mass is 32.2. The molecule has 15 nitrogen and oxygen atoms in total. The van der Waals surface area contributed by atoms with Crippen molar-refractivity contribution in [2.45, 2.75) is 67.4 Å². The van der Waals surface area contributed by atoms with Crippen molar-refractivity contribution in [3.05, 3.63) is 60.4 Å². The summed E-state index contributed by atoms with van der Waals surface area (Å²) in [6.07, 6.45) is 5.25. The number of hydrogen-bond donors (Lipinski definition) is 4. The number of aromatic amines is 2. The number of H-pyrrole nitrogens is 2. The summed E-state index contributed by atoms with van der Waals surface area (Å²) in [7, 11) is 1.08. The molecule has 4 aromatic rings. The molecule has 16 heteroatoms. The zero-order chi connectivity index (χ0) is 37.4. The SMILES string of the molecule is COC(=O)NCC(=O)N1CCC[C@H]1c1ncc(-c2ccc3c(c2)S(=O)c2cc(-c4cnc([C@@H]5CCCN5C(=O)[C@@H](NC(=O)OC)C(C)C)[nH]4)ccc2-3)[nH]1. The highest BCUT2D eigenvalue weighted by molar-refractivity contribution is 7.85. The third kappa shape index (κ3) is 6.90. The quantitative estimate of drug-likeness (QED) is 0.166. The fourth-order valence-corrected chi connectivity index (χ4v) is 8.88. The van der Waals surface area contributed by atoms with Gasteiger partial charge in [-0.2, -0.15) is 0 Å². The third-order valence-corrected chi connectivity index (χ3v) is 11.6. The van der Waals surface area contributed by atoms with Crippen LogP contribution in [0.25, 0.3) is 33.6 Å². The Morgan fingerprint density at radius 1 is 0.830 bits per heavy atom. The van der Waals surface area contributed by atoms with E-state index in [1.54, 1.807) is 22.2 Å². The number of carbonyl (C=O) groups is 4. The van der Waals surface area contributed by atoms with E-state index in [1.165, 1.54) is 14.2 Å². The Kier molecular flexibility index (Phi) is 10.1. The van der Waals surface area contributed by atoms with Crippen molar-refractivity contribution in [2.75, 3.05) is 33.9 Å². The largest absolute Gasteiger partial charge is 0.453 e. The summed E-state index contributed by atoms with van der Waals surface area (Å²) in [5, 5.41) is 5.12. The van der Waals surface area contributed by atoms with E-state index in [-0.39, 0.29) is 36.4 Å². The first-order chi connectivity index (χ1) is 25.6. The van der Waals surface area contributed by atoms with E-state index in [0.29, 0.717) is 34.5 Å². The smallest absolute Gasteiger partial charge is 0.407 e. The minimum Gasteiger partial charge on any atom is -0.453 e. The standard InChI is InChI=1S/C37H42N8O7S/c1-20(2)32(43-37(49)52-4)35(47)45-14-6-8-28(45)34-39-18-26(42-34)22-10-12-24-23-11-9-21(15-29(23)53(50)30(24)16-22)25-17-38-33(41-25)27-7-5-13-44(27)31(46)19-40-36(48)51-3/h9-12,15-18,20,27-28,32H,5-8,13-14,19H2,1-4H3,(H,38,41)(H,39,42)(H,40,48)(H,43,49)/t27-,28-,32-,53?/m0/s1. The number of carbonyl (C=O) groups excluding carboxylic acids is 4. The second-order valence-corrected chi connectivity index (χ2v) is 15.1. The van der Waals surface area contributed by atoms with Gasteiger partial charge in [0.25, 0.3) is 0 Å². The molecule has 0 bridgehead atoms. The molecule has 4 atom stereocenters. The molecule has 2 saturated heterocycles. The summed E-state index contributed by atoms with van der Waals surface area (Å²) in [4.78, 5) is 70.8. The average Bonchev–Trinajstić information content (AvgIpc) is 4.01. The topological polar surface area (TPSA) is 192 Å². The monoisotopic (exact) mass is 742 g/mol. The van der Waals surface area contributed by atoms with Crippen LogP contribution >= 0.6 is 0 Å². The molecule has 7 rings (SSSR count). The molecule has 2 fully saturated rings. The number of hydrogen-bond acceptors (Lipinski definition) is 9. The Labute approximate surface area is 308 Å². The van der Waals surface area contributed by atoms with E-state index in [0.717, 1.165) is 59.3 Å². The van der Waals surface area contributed by atoms with Gasteiger partial charge in [0.2, 0.25) is 11.8 Å². The lowest BCUT2D eigenvalue weighted by Gasteiger charge is -2.30. The highest BCUT2D eigenvalue weighted by Crippen LogP contribution is 2.44. The number of nitrogens with one attached hydrogen (secondary N) is 4. The first kappa shape index (κ1) is 35.9. The maximum absolute atomic E-state index is 14.0. The van der Waals surface area contributed by atoms with Gasteiger partial charge in [0.15, 0.2) is 0 Å². The number of rotatable bonds is 9. The fourth-order valence-electron chi connectivity index (χ4n) is 7.42. The van der Waals surface area contributed by atoms with Gasteiger partial charge in [-0.3, -0.25) is 9.59 Å². The van der Waals surface area contributed by atoms with Gasteiger partial charge < -0.3 is 39.9 Å². The number of benzene rings is 2.